The van der Waals surface area contributed by atoms with Crippen LogP contribution in [0.5, 0.6) is 0 Å². The van der Waals surface area contributed by atoms with Crippen LogP contribution >= 0.6 is 11.6 Å². The van der Waals surface area contributed by atoms with Gasteiger partial charge < -0.3 is 4.57 Å². The monoisotopic (exact) mass is 340 g/mol. The average Bonchev–Trinajstić information content (AvgIpc) is 2.90. The summed E-state index contributed by atoms with van der Waals surface area (Å²) in [6, 6.07) is 12.7. The molecule has 5 nitrogen and oxygen atoms in total. The summed E-state index contributed by atoms with van der Waals surface area (Å²) in [5, 5.41) is 4.63. The van der Waals surface area contributed by atoms with Crippen LogP contribution in [0.4, 0.5) is 0 Å². The van der Waals surface area contributed by atoms with E-state index < -0.39 is 0 Å². The van der Waals surface area contributed by atoms with E-state index >= 15 is 0 Å². The normalized spacial score (nSPS) is 11.3. The fourth-order valence-corrected chi connectivity index (χ4v) is 2.70. The first-order valence-corrected chi connectivity index (χ1v) is 8.02. The molecule has 2 aromatic carbocycles. The number of imidazole rings is 1. The number of aryl methyl sites for hydroxylation is 2. The molecule has 0 saturated carbocycles. The van der Waals surface area contributed by atoms with E-state index in [2.05, 4.69) is 27.0 Å². The summed E-state index contributed by atoms with van der Waals surface area (Å²) in [4.78, 5) is 16.7. The molecule has 0 bridgehead atoms. The lowest BCUT2D eigenvalue weighted by Gasteiger charge is -2.03. The molecule has 1 aromatic heterocycles. The van der Waals surface area contributed by atoms with Gasteiger partial charge in [-0.25, -0.2) is 10.4 Å². The Labute approximate surface area is 145 Å². The number of hydrogen-bond donors (Lipinski definition) is 1. The molecule has 3 aromatic rings. The zero-order valence-electron chi connectivity index (χ0n) is 13.5. The molecule has 3 rings (SSSR count). The molecule has 0 aliphatic rings. The van der Waals surface area contributed by atoms with Crippen molar-refractivity contribution in [2.24, 2.45) is 5.10 Å². The Balaban J connectivity index is 1.75. The van der Waals surface area contributed by atoms with Crippen molar-refractivity contribution >= 4 is 34.8 Å². The topological polar surface area (TPSA) is 59.3 Å². The van der Waals surface area contributed by atoms with Crippen LogP contribution in [-0.4, -0.2) is 21.7 Å². The summed E-state index contributed by atoms with van der Waals surface area (Å²) in [6.45, 7) is 4.87. The second kappa shape index (κ2) is 6.84. The molecule has 1 heterocycles. The van der Waals surface area contributed by atoms with Gasteiger partial charge in [0.15, 0.2) is 0 Å². The van der Waals surface area contributed by atoms with Gasteiger partial charge in [0.05, 0.1) is 17.2 Å². The number of carbonyl (C=O) groups is 1. The van der Waals surface area contributed by atoms with E-state index in [0.29, 0.717) is 10.6 Å². The number of carbonyl (C=O) groups excluding carboxylic acids is 1. The van der Waals surface area contributed by atoms with Crippen molar-refractivity contribution in [3.8, 4) is 0 Å². The van der Waals surface area contributed by atoms with E-state index in [9.17, 15) is 4.79 Å². The summed E-state index contributed by atoms with van der Waals surface area (Å²) in [5.41, 5.74) is 5.74. The van der Waals surface area contributed by atoms with Crippen molar-refractivity contribution in [3.05, 3.63) is 64.4 Å². The molecule has 0 spiro atoms. The van der Waals surface area contributed by atoms with Gasteiger partial charge in [-0.2, -0.15) is 5.10 Å². The molecular formula is C18H17ClN4O. The second-order valence-corrected chi connectivity index (χ2v) is 5.79. The highest BCUT2D eigenvalue weighted by atomic mass is 35.5. The molecule has 0 unspecified atom stereocenters. The molecule has 0 fully saturated rings. The Hall–Kier alpha value is -2.66. The number of rotatable bonds is 4. The lowest BCUT2D eigenvalue weighted by atomic mass is 10.2. The third-order valence-corrected chi connectivity index (χ3v) is 4.02. The fourth-order valence-electron chi connectivity index (χ4n) is 2.57. The molecule has 0 atom stereocenters. The summed E-state index contributed by atoms with van der Waals surface area (Å²) in [5.74, 6) is 0.664. The van der Waals surface area contributed by atoms with Crippen molar-refractivity contribution in [2.45, 2.75) is 20.4 Å². The lowest BCUT2D eigenvalue weighted by molar-refractivity contribution is 0.0955. The van der Waals surface area contributed by atoms with Gasteiger partial charge in [0, 0.05) is 17.1 Å². The minimum atomic E-state index is -0.272. The number of fused-ring (bicyclic) bond motifs is 1. The maximum Gasteiger partial charge on any atom is 0.271 e. The van der Waals surface area contributed by atoms with E-state index in [-0.39, 0.29) is 5.91 Å². The lowest BCUT2D eigenvalue weighted by Crippen LogP contribution is -2.17. The maximum atomic E-state index is 12.2. The van der Waals surface area contributed by atoms with Crippen LogP contribution in [0.3, 0.4) is 0 Å². The van der Waals surface area contributed by atoms with Crippen LogP contribution in [0.15, 0.2) is 47.6 Å². The van der Waals surface area contributed by atoms with Gasteiger partial charge in [0.25, 0.3) is 5.91 Å². The highest BCUT2D eigenvalue weighted by Gasteiger charge is 2.10. The van der Waals surface area contributed by atoms with Gasteiger partial charge in [-0.1, -0.05) is 23.7 Å². The van der Waals surface area contributed by atoms with Crippen molar-refractivity contribution in [1.29, 1.82) is 0 Å². The minimum absolute atomic E-state index is 0.272. The minimum Gasteiger partial charge on any atom is -0.329 e. The Bertz CT molecular complexity index is 913. The van der Waals surface area contributed by atoms with Crippen molar-refractivity contribution < 1.29 is 4.79 Å². The summed E-state index contributed by atoms with van der Waals surface area (Å²) in [7, 11) is 0. The van der Waals surface area contributed by atoms with E-state index in [1.165, 1.54) is 0 Å². The molecular weight excluding hydrogens is 324 g/mol. The number of hydrogen-bond acceptors (Lipinski definition) is 3. The first-order chi connectivity index (χ1) is 11.6. The Morgan fingerprint density at radius 3 is 2.75 bits per heavy atom. The van der Waals surface area contributed by atoms with Crippen LogP contribution < -0.4 is 5.43 Å². The molecule has 0 aliphatic heterocycles. The molecule has 1 N–H and O–H groups in total. The van der Waals surface area contributed by atoms with Gasteiger partial charge in [-0.15, -0.1) is 0 Å². The van der Waals surface area contributed by atoms with Gasteiger partial charge in [0.2, 0.25) is 0 Å². The Morgan fingerprint density at radius 2 is 2.04 bits per heavy atom. The fraction of sp³-hybridized carbons (Fsp3) is 0.167. The van der Waals surface area contributed by atoms with Gasteiger partial charge in [-0.05, 0) is 49.7 Å². The Morgan fingerprint density at radius 1 is 1.29 bits per heavy atom. The summed E-state index contributed by atoms with van der Waals surface area (Å²) < 4.78 is 2.11. The number of halogens is 1. The highest BCUT2D eigenvalue weighted by Crippen LogP contribution is 2.17. The number of benzene rings is 2. The molecule has 122 valence electrons. The van der Waals surface area contributed by atoms with E-state index in [1.54, 1.807) is 30.5 Å². The predicted octanol–water partition coefficient (Wildman–Crippen LogP) is 3.78. The van der Waals surface area contributed by atoms with E-state index in [1.807, 2.05) is 25.1 Å². The first-order valence-electron chi connectivity index (χ1n) is 7.64. The van der Waals surface area contributed by atoms with Crippen molar-refractivity contribution in [1.82, 2.24) is 15.0 Å². The molecule has 1 amide bonds. The average molecular weight is 341 g/mol. The number of nitrogens with one attached hydrogen (secondary N) is 1. The van der Waals surface area contributed by atoms with E-state index in [4.69, 9.17) is 11.6 Å². The van der Waals surface area contributed by atoms with Gasteiger partial charge >= 0.3 is 0 Å². The van der Waals surface area contributed by atoms with Crippen molar-refractivity contribution in [3.63, 3.8) is 0 Å². The number of nitrogens with zero attached hydrogens (tertiary/aromatic N) is 3. The smallest absolute Gasteiger partial charge is 0.271 e. The molecule has 6 heteroatoms. The predicted molar refractivity (Wildman–Crippen MR) is 96.7 cm³/mol. The van der Waals surface area contributed by atoms with Crippen LogP contribution in [0.1, 0.15) is 28.7 Å². The zero-order chi connectivity index (χ0) is 17.1. The van der Waals surface area contributed by atoms with Crippen LogP contribution in [-0.2, 0) is 6.54 Å². The van der Waals surface area contributed by atoms with Gasteiger partial charge in [-0.3, -0.25) is 4.79 Å². The number of aromatic nitrogens is 2. The molecule has 0 radical (unpaired) electrons. The quantitative estimate of drug-likeness (QED) is 0.580. The first kappa shape index (κ1) is 16.2. The van der Waals surface area contributed by atoms with Crippen LogP contribution in [0.2, 0.25) is 5.02 Å². The molecule has 0 aliphatic carbocycles. The van der Waals surface area contributed by atoms with Crippen LogP contribution in [0, 0.1) is 6.92 Å². The Kier molecular flexibility index (Phi) is 4.62. The third-order valence-electron chi connectivity index (χ3n) is 3.77. The summed E-state index contributed by atoms with van der Waals surface area (Å²) >= 11 is 5.83. The molecule has 0 saturated heterocycles. The van der Waals surface area contributed by atoms with Crippen LogP contribution in [0.25, 0.3) is 11.0 Å². The summed E-state index contributed by atoms with van der Waals surface area (Å²) in [6.07, 6.45) is 1.57. The second-order valence-electron chi connectivity index (χ2n) is 5.36. The number of hydrazone groups is 1. The maximum absolute atomic E-state index is 12.2. The molecule has 24 heavy (non-hydrogen) atoms. The zero-order valence-corrected chi connectivity index (χ0v) is 14.2. The highest BCUT2D eigenvalue weighted by molar-refractivity contribution is 6.30. The van der Waals surface area contributed by atoms with Crippen molar-refractivity contribution in [2.75, 3.05) is 0 Å². The third kappa shape index (κ3) is 3.31. The van der Waals surface area contributed by atoms with Gasteiger partial charge in [0.1, 0.15) is 5.82 Å². The largest absolute Gasteiger partial charge is 0.329 e. The standard InChI is InChI=1S/C18H17ClN4O/c1-3-23-12(2)21-16-10-14(6-9-17(16)23)18(24)22-20-11-13-4-7-15(19)8-5-13/h4-11H,3H2,1-2H3,(H,22,24). The van der Waals surface area contributed by atoms with E-state index in [0.717, 1.165) is 29.0 Å². The number of amides is 1. The SMILES string of the molecule is CCn1c(C)nc2cc(C(=O)NN=Cc3ccc(Cl)cc3)ccc21.